The lowest BCUT2D eigenvalue weighted by Gasteiger charge is -2.13. The Balaban J connectivity index is 2.72. The third-order valence-electron chi connectivity index (χ3n) is 2.32. The van der Waals surface area contributed by atoms with Gasteiger partial charge in [0.15, 0.2) is 0 Å². The lowest BCUT2D eigenvalue weighted by atomic mass is 10.2. The summed E-state index contributed by atoms with van der Waals surface area (Å²) >= 11 is 8.73. The summed E-state index contributed by atoms with van der Waals surface area (Å²) in [4.78, 5) is 23.3. The number of nitrogens with one attached hydrogen (secondary N) is 1. The van der Waals surface area contributed by atoms with Crippen LogP contribution in [0.2, 0.25) is 5.02 Å². The first-order valence-corrected chi connectivity index (χ1v) is 7.88. The predicted octanol–water partition coefficient (Wildman–Crippen LogP) is 2.65. The summed E-state index contributed by atoms with van der Waals surface area (Å²) in [5.74, 6) is -0.776. The highest BCUT2D eigenvalue weighted by molar-refractivity contribution is 7.98. The van der Waals surface area contributed by atoms with Gasteiger partial charge in [0.05, 0.1) is 5.02 Å². The van der Waals surface area contributed by atoms with E-state index < -0.39 is 17.9 Å². The van der Waals surface area contributed by atoms with Gasteiger partial charge in [-0.05, 0) is 36.3 Å². The van der Waals surface area contributed by atoms with Crippen LogP contribution in [-0.4, -0.2) is 35.0 Å². The van der Waals surface area contributed by atoms with Gasteiger partial charge in [-0.2, -0.15) is 11.8 Å². The Hall–Kier alpha value is -0.720. The molecule has 2 N–H and O–H groups in total. The Bertz CT molecular complexity index is 447. The zero-order valence-electron chi connectivity index (χ0n) is 10.0. The lowest BCUT2D eigenvalue weighted by Crippen LogP contribution is -2.41. The number of rotatable bonds is 6. The van der Waals surface area contributed by atoms with Crippen molar-refractivity contribution in [3.05, 3.63) is 20.8 Å². The van der Waals surface area contributed by atoms with E-state index in [0.29, 0.717) is 22.1 Å². The summed E-state index contributed by atoms with van der Waals surface area (Å²) in [6, 6.07) is -0.872. The van der Waals surface area contributed by atoms with Crippen LogP contribution >= 0.6 is 34.7 Å². The van der Waals surface area contributed by atoms with Crippen LogP contribution < -0.4 is 5.32 Å². The van der Waals surface area contributed by atoms with Gasteiger partial charge in [-0.3, -0.25) is 4.79 Å². The number of aliphatic carboxylic acids is 1. The van der Waals surface area contributed by atoms with E-state index in [1.807, 2.05) is 6.26 Å². The summed E-state index contributed by atoms with van der Waals surface area (Å²) in [6.07, 6.45) is 2.28. The number of hydrogen-bond acceptors (Lipinski definition) is 4. The number of carboxylic acid groups (broad SMARTS) is 1. The molecule has 0 fully saturated rings. The molecule has 1 amide bonds. The maximum Gasteiger partial charge on any atom is 0.326 e. The molecule has 0 bridgehead atoms. The molecule has 0 radical (unpaired) electrons. The van der Waals surface area contributed by atoms with Crippen LogP contribution in [0.25, 0.3) is 0 Å². The molecule has 0 spiro atoms. The van der Waals surface area contributed by atoms with Crippen molar-refractivity contribution in [3.63, 3.8) is 0 Å². The smallest absolute Gasteiger partial charge is 0.326 e. The molecule has 7 heteroatoms. The molecule has 1 rings (SSSR count). The fourth-order valence-corrected chi connectivity index (χ4v) is 2.95. The molecule has 1 heterocycles. The Labute approximate surface area is 119 Å². The van der Waals surface area contributed by atoms with Crippen LogP contribution in [0.3, 0.4) is 0 Å². The first-order valence-electron chi connectivity index (χ1n) is 5.23. The second-order valence-corrected chi connectivity index (χ2v) is 5.95. The van der Waals surface area contributed by atoms with E-state index in [1.54, 1.807) is 12.3 Å². The Kier molecular flexibility index (Phi) is 5.98. The number of carbonyl (C=O) groups excluding carboxylic acids is 1. The number of thioether (sulfide) groups is 1. The van der Waals surface area contributed by atoms with Gasteiger partial charge >= 0.3 is 5.97 Å². The number of carboxylic acids is 1. The number of thiophene rings is 1. The van der Waals surface area contributed by atoms with E-state index in [9.17, 15) is 9.59 Å². The molecule has 0 aliphatic heterocycles. The Morgan fingerprint density at radius 1 is 1.61 bits per heavy atom. The molecule has 0 aliphatic rings. The molecule has 1 atom stereocenters. The monoisotopic (exact) mass is 307 g/mol. The number of hydrogen-bond donors (Lipinski definition) is 2. The van der Waals surface area contributed by atoms with Crippen molar-refractivity contribution in [2.75, 3.05) is 12.0 Å². The van der Waals surface area contributed by atoms with Gasteiger partial charge in [-0.25, -0.2) is 4.79 Å². The van der Waals surface area contributed by atoms with Crippen LogP contribution in [-0.2, 0) is 4.79 Å². The normalized spacial score (nSPS) is 12.2. The minimum absolute atomic E-state index is 0.365. The van der Waals surface area contributed by atoms with Crippen molar-refractivity contribution >= 4 is 46.6 Å². The average Bonchev–Trinajstić information content (AvgIpc) is 2.65. The first-order chi connectivity index (χ1) is 8.47. The van der Waals surface area contributed by atoms with Crippen molar-refractivity contribution in [3.8, 4) is 0 Å². The van der Waals surface area contributed by atoms with Crippen molar-refractivity contribution in [1.82, 2.24) is 5.32 Å². The van der Waals surface area contributed by atoms with Gasteiger partial charge in [-0.1, -0.05) is 11.6 Å². The van der Waals surface area contributed by atoms with Gasteiger partial charge in [0, 0.05) is 0 Å². The highest BCUT2D eigenvalue weighted by Gasteiger charge is 2.22. The Morgan fingerprint density at radius 2 is 2.28 bits per heavy atom. The topological polar surface area (TPSA) is 66.4 Å². The molecule has 18 heavy (non-hydrogen) atoms. The van der Waals surface area contributed by atoms with Crippen molar-refractivity contribution in [1.29, 1.82) is 0 Å². The fourth-order valence-electron chi connectivity index (χ4n) is 1.30. The molecule has 0 aliphatic carbocycles. The molecule has 0 unspecified atom stereocenters. The number of amides is 1. The minimum atomic E-state index is -1.03. The van der Waals surface area contributed by atoms with E-state index in [-0.39, 0.29) is 0 Å². The minimum Gasteiger partial charge on any atom is -0.480 e. The van der Waals surface area contributed by atoms with E-state index in [0.717, 1.165) is 5.56 Å². The summed E-state index contributed by atoms with van der Waals surface area (Å²) in [5, 5.41) is 13.7. The maximum absolute atomic E-state index is 11.9. The number of halogens is 1. The van der Waals surface area contributed by atoms with E-state index in [1.165, 1.54) is 23.1 Å². The predicted molar refractivity (Wildman–Crippen MR) is 76.0 cm³/mol. The van der Waals surface area contributed by atoms with E-state index in [2.05, 4.69) is 5.32 Å². The first kappa shape index (κ1) is 15.3. The molecule has 1 aromatic heterocycles. The zero-order valence-corrected chi connectivity index (χ0v) is 12.4. The van der Waals surface area contributed by atoms with Gasteiger partial charge < -0.3 is 10.4 Å². The lowest BCUT2D eigenvalue weighted by molar-refractivity contribution is -0.139. The van der Waals surface area contributed by atoms with Crippen molar-refractivity contribution < 1.29 is 14.7 Å². The van der Waals surface area contributed by atoms with Gasteiger partial charge in [0.25, 0.3) is 5.91 Å². The maximum atomic E-state index is 11.9. The quantitative estimate of drug-likeness (QED) is 0.848. The molecule has 0 aromatic carbocycles. The molecule has 4 nitrogen and oxygen atoms in total. The summed E-state index contributed by atoms with van der Waals surface area (Å²) in [7, 11) is 0. The van der Waals surface area contributed by atoms with Crippen LogP contribution in [0.4, 0.5) is 0 Å². The molecule has 1 aromatic rings. The van der Waals surface area contributed by atoms with Gasteiger partial charge in [0.1, 0.15) is 10.9 Å². The van der Waals surface area contributed by atoms with Crippen LogP contribution in [0, 0.1) is 6.92 Å². The van der Waals surface area contributed by atoms with Crippen LogP contribution in [0.5, 0.6) is 0 Å². The van der Waals surface area contributed by atoms with Gasteiger partial charge in [0.2, 0.25) is 0 Å². The van der Waals surface area contributed by atoms with Crippen LogP contribution in [0.1, 0.15) is 21.7 Å². The SMILES string of the molecule is CSCC[C@@H](NC(=O)c1scc(C)c1Cl)C(=O)O. The van der Waals surface area contributed by atoms with Crippen molar-refractivity contribution in [2.45, 2.75) is 19.4 Å². The zero-order chi connectivity index (χ0) is 13.7. The standard InChI is InChI=1S/C11H14ClNO3S2/c1-6-5-18-9(8(6)12)10(14)13-7(11(15)16)3-4-17-2/h5,7H,3-4H2,1-2H3,(H,13,14)(H,15,16)/t7-/m1/s1. The second-order valence-electron chi connectivity index (χ2n) is 3.71. The Morgan fingerprint density at radius 3 is 2.72 bits per heavy atom. The molecular weight excluding hydrogens is 294 g/mol. The van der Waals surface area contributed by atoms with E-state index >= 15 is 0 Å². The van der Waals surface area contributed by atoms with Crippen molar-refractivity contribution in [2.24, 2.45) is 0 Å². The second kappa shape index (κ2) is 7.01. The molecule has 0 saturated heterocycles. The molecule has 100 valence electrons. The summed E-state index contributed by atoms with van der Waals surface area (Å²) < 4.78 is 0. The van der Waals surface area contributed by atoms with Gasteiger partial charge in [-0.15, -0.1) is 11.3 Å². The molecule has 0 saturated carbocycles. The third kappa shape index (κ3) is 3.90. The molecular formula is C11H14ClNO3S2. The highest BCUT2D eigenvalue weighted by atomic mass is 35.5. The summed E-state index contributed by atoms with van der Waals surface area (Å²) in [5.41, 5.74) is 0.822. The highest BCUT2D eigenvalue weighted by Crippen LogP contribution is 2.27. The summed E-state index contributed by atoms with van der Waals surface area (Å²) in [6.45, 7) is 1.80. The average molecular weight is 308 g/mol. The van der Waals surface area contributed by atoms with Crippen LogP contribution in [0.15, 0.2) is 5.38 Å². The third-order valence-corrected chi connectivity index (χ3v) is 4.66. The van der Waals surface area contributed by atoms with E-state index in [4.69, 9.17) is 16.7 Å². The fraction of sp³-hybridized carbons (Fsp3) is 0.455. The number of aryl methyl sites for hydroxylation is 1. The largest absolute Gasteiger partial charge is 0.480 e. The number of carbonyl (C=O) groups is 2.